The highest BCUT2D eigenvalue weighted by Crippen LogP contribution is 2.45. The van der Waals surface area contributed by atoms with E-state index in [1.807, 2.05) is 0 Å². The van der Waals surface area contributed by atoms with Crippen molar-refractivity contribution in [1.82, 2.24) is 0 Å². The molecule has 0 aromatic rings. The fourth-order valence-corrected chi connectivity index (χ4v) is 14.6. The van der Waals surface area contributed by atoms with E-state index in [0.29, 0.717) is 25.7 Å². The molecule has 0 fully saturated rings. The zero-order valence-corrected chi connectivity index (χ0v) is 69.6. The van der Waals surface area contributed by atoms with Gasteiger partial charge in [-0.05, 0) is 43.4 Å². The number of esters is 4. The van der Waals surface area contributed by atoms with Crippen molar-refractivity contribution in [2.75, 3.05) is 39.6 Å². The molecule has 0 radical (unpaired) electrons. The van der Waals surface area contributed by atoms with E-state index in [1.54, 1.807) is 0 Å². The van der Waals surface area contributed by atoms with Crippen molar-refractivity contribution in [2.45, 2.75) is 458 Å². The maximum Gasteiger partial charge on any atom is 0.472 e. The van der Waals surface area contributed by atoms with Crippen LogP contribution in [0.3, 0.4) is 0 Å². The summed E-state index contributed by atoms with van der Waals surface area (Å²) in [6.45, 7) is 12.0. The number of aliphatic hydroxyl groups is 1. The number of hydrogen-bond donors (Lipinski definition) is 3. The molecule has 0 aliphatic carbocycles. The lowest BCUT2D eigenvalue weighted by molar-refractivity contribution is -0.161. The molecule has 0 aromatic heterocycles. The molecule has 17 nitrogen and oxygen atoms in total. The number of ether oxygens (including phenoxy) is 4. The van der Waals surface area contributed by atoms with Gasteiger partial charge in [-0.2, -0.15) is 0 Å². The van der Waals surface area contributed by atoms with E-state index in [2.05, 4.69) is 48.5 Å². The molecular formula is C84H164O17P2. The molecular weight excluding hydrogens is 1340 g/mol. The highest BCUT2D eigenvalue weighted by atomic mass is 31.2. The van der Waals surface area contributed by atoms with E-state index in [0.717, 1.165) is 114 Å². The summed E-state index contributed by atoms with van der Waals surface area (Å²) in [6.07, 6.45) is 63.9. The van der Waals surface area contributed by atoms with Crippen LogP contribution in [0.5, 0.6) is 0 Å². The number of phosphoric acid groups is 2. The summed E-state index contributed by atoms with van der Waals surface area (Å²) in [5.74, 6) is 0.246. The molecule has 0 bridgehead atoms. The van der Waals surface area contributed by atoms with Crippen LogP contribution in [0.4, 0.5) is 0 Å². The molecule has 612 valence electrons. The Bertz CT molecular complexity index is 1990. The van der Waals surface area contributed by atoms with Gasteiger partial charge in [0.1, 0.15) is 19.3 Å². The van der Waals surface area contributed by atoms with E-state index in [-0.39, 0.29) is 25.7 Å². The van der Waals surface area contributed by atoms with Crippen molar-refractivity contribution < 1.29 is 80.2 Å². The fourth-order valence-electron chi connectivity index (χ4n) is 13.0. The van der Waals surface area contributed by atoms with Gasteiger partial charge in [-0.25, -0.2) is 9.13 Å². The number of carbonyl (C=O) groups is 4. The topological polar surface area (TPSA) is 237 Å². The minimum absolute atomic E-state index is 0.107. The number of rotatable bonds is 82. The summed E-state index contributed by atoms with van der Waals surface area (Å²) in [4.78, 5) is 73.1. The highest BCUT2D eigenvalue weighted by molar-refractivity contribution is 7.47. The van der Waals surface area contributed by atoms with E-state index >= 15 is 0 Å². The monoisotopic (exact) mass is 1510 g/mol. The van der Waals surface area contributed by atoms with Crippen LogP contribution < -0.4 is 0 Å². The van der Waals surface area contributed by atoms with Crippen LogP contribution >= 0.6 is 15.6 Å². The van der Waals surface area contributed by atoms with E-state index in [4.69, 9.17) is 37.0 Å². The standard InChI is InChI=1S/C84H164O17P2/c1-8-10-11-12-13-14-15-16-21-29-34-39-44-53-60-68-84(89)101-80(72-95-82(87)66-59-52-47-46-50-57-64-77(7)9-2)74-99-103(92,93)97-70-78(85)69-96-102(90,91)98-73-79(100-83(88)67-61-54-45-40-35-30-25-20-18-23-27-32-37-42-49-56-63-76(5)6)71-94-81(86)65-58-51-43-38-33-28-24-19-17-22-26-31-36-41-48-55-62-75(3)4/h75-80,85H,8-74H2,1-7H3,(H,90,91)(H,92,93)/t77?,78-,79-,80-/m1/s1. The van der Waals surface area contributed by atoms with Gasteiger partial charge in [-0.3, -0.25) is 37.3 Å². The molecule has 0 heterocycles. The molecule has 0 rings (SSSR count). The first-order valence-electron chi connectivity index (χ1n) is 43.4. The van der Waals surface area contributed by atoms with Crippen LogP contribution in [0.1, 0.15) is 440 Å². The van der Waals surface area contributed by atoms with E-state index < -0.39 is 97.5 Å². The third-order valence-electron chi connectivity index (χ3n) is 20.0. The predicted molar refractivity (Wildman–Crippen MR) is 423 cm³/mol. The largest absolute Gasteiger partial charge is 0.472 e. The third-order valence-corrected chi connectivity index (χ3v) is 21.9. The quantitative estimate of drug-likeness (QED) is 0.0222. The lowest BCUT2D eigenvalue weighted by Crippen LogP contribution is -2.30. The molecule has 0 saturated heterocycles. The Kier molecular flexibility index (Phi) is 72.8. The Morgan fingerprint density at radius 3 is 0.738 bits per heavy atom. The Morgan fingerprint density at radius 2 is 0.495 bits per heavy atom. The highest BCUT2D eigenvalue weighted by Gasteiger charge is 2.30. The number of unbranched alkanes of at least 4 members (excludes halogenated alkanes) is 49. The average molecular weight is 1510 g/mol. The minimum Gasteiger partial charge on any atom is -0.462 e. The smallest absolute Gasteiger partial charge is 0.462 e. The van der Waals surface area contributed by atoms with Gasteiger partial charge in [0, 0.05) is 25.7 Å². The van der Waals surface area contributed by atoms with Crippen molar-refractivity contribution in [3.63, 3.8) is 0 Å². The zero-order valence-electron chi connectivity index (χ0n) is 67.8. The summed E-state index contributed by atoms with van der Waals surface area (Å²) in [6, 6.07) is 0. The van der Waals surface area contributed by atoms with Crippen LogP contribution in [0, 0.1) is 17.8 Å². The van der Waals surface area contributed by atoms with Gasteiger partial charge in [0.05, 0.1) is 26.4 Å². The van der Waals surface area contributed by atoms with Crippen LogP contribution in [-0.2, 0) is 65.4 Å². The van der Waals surface area contributed by atoms with Crippen LogP contribution in [0.15, 0.2) is 0 Å². The first-order chi connectivity index (χ1) is 49.8. The van der Waals surface area contributed by atoms with Gasteiger partial charge in [-0.1, -0.05) is 389 Å². The Hall–Kier alpha value is -1.94. The van der Waals surface area contributed by atoms with Gasteiger partial charge in [-0.15, -0.1) is 0 Å². The number of phosphoric ester groups is 2. The van der Waals surface area contributed by atoms with Crippen molar-refractivity contribution in [2.24, 2.45) is 17.8 Å². The number of carbonyl (C=O) groups excluding carboxylic acids is 4. The molecule has 0 amide bonds. The van der Waals surface area contributed by atoms with Crippen molar-refractivity contribution in [3.05, 3.63) is 0 Å². The summed E-state index contributed by atoms with van der Waals surface area (Å²) >= 11 is 0. The zero-order chi connectivity index (χ0) is 75.8. The maximum atomic E-state index is 13.1. The molecule has 0 saturated carbocycles. The lowest BCUT2D eigenvalue weighted by Gasteiger charge is -2.21. The van der Waals surface area contributed by atoms with Crippen molar-refractivity contribution in [1.29, 1.82) is 0 Å². The number of aliphatic hydroxyl groups excluding tert-OH is 1. The SMILES string of the molecule is CCCCCCCCCCCCCCCCCC(=O)O[C@H](COC(=O)CCCCCCCCC(C)CC)COP(=O)(O)OC[C@H](O)COP(=O)(O)OC[C@@H](COC(=O)CCCCCCCCCCCCCCCCCCC(C)C)OC(=O)CCCCCCCCCCCCCCCCCCC(C)C. The molecule has 3 N–H and O–H groups in total. The van der Waals surface area contributed by atoms with E-state index in [1.165, 1.54) is 244 Å². The van der Waals surface area contributed by atoms with Crippen LogP contribution in [0.25, 0.3) is 0 Å². The molecule has 6 atom stereocenters. The summed E-state index contributed by atoms with van der Waals surface area (Å²) in [7, 11) is -9.93. The normalized spacial score (nSPS) is 14.2. The Morgan fingerprint density at radius 1 is 0.282 bits per heavy atom. The van der Waals surface area contributed by atoms with Gasteiger partial charge in [0.15, 0.2) is 12.2 Å². The Labute approximate surface area is 632 Å². The van der Waals surface area contributed by atoms with Gasteiger partial charge in [0.2, 0.25) is 0 Å². The van der Waals surface area contributed by atoms with Gasteiger partial charge in [0.25, 0.3) is 0 Å². The molecule has 0 spiro atoms. The minimum atomic E-state index is -4.97. The predicted octanol–water partition coefficient (Wildman–Crippen LogP) is 25.3. The first kappa shape index (κ1) is 101. The molecule has 3 unspecified atom stereocenters. The van der Waals surface area contributed by atoms with Gasteiger partial charge >= 0.3 is 39.5 Å². The van der Waals surface area contributed by atoms with Crippen molar-refractivity contribution in [3.8, 4) is 0 Å². The average Bonchev–Trinajstić information content (AvgIpc) is 0.909. The summed E-state index contributed by atoms with van der Waals surface area (Å²) in [5, 5.41) is 10.7. The molecule has 0 aliphatic rings. The second-order valence-corrected chi connectivity index (χ2v) is 34.3. The van der Waals surface area contributed by atoms with Gasteiger partial charge < -0.3 is 33.8 Å². The Balaban J connectivity index is 5.24. The summed E-state index contributed by atoms with van der Waals surface area (Å²) < 4.78 is 68.8. The first-order valence-corrected chi connectivity index (χ1v) is 46.4. The second kappa shape index (κ2) is 74.2. The molecule has 0 aromatic carbocycles. The van der Waals surface area contributed by atoms with Crippen LogP contribution in [-0.4, -0.2) is 96.7 Å². The summed E-state index contributed by atoms with van der Waals surface area (Å²) in [5.41, 5.74) is 0. The van der Waals surface area contributed by atoms with E-state index in [9.17, 15) is 43.2 Å². The second-order valence-electron chi connectivity index (χ2n) is 31.4. The molecule has 103 heavy (non-hydrogen) atoms. The fraction of sp³-hybridized carbons (Fsp3) is 0.952. The molecule has 19 heteroatoms. The third kappa shape index (κ3) is 76.6. The van der Waals surface area contributed by atoms with Crippen molar-refractivity contribution >= 4 is 39.5 Å². The number of hydrogen-bond acceptors (Lipinski definition) is 15. The lowest BCUT2D eigenvalue weighted by atomic mass is 10.00. The molecule has 0 aliphatic heterocycles. The maximum absolute atomic E-state index is 13.1. The van der Waals surface area contributed by atoms with Crippen LogP contribution in [0.2, 0.25) is 0 Å².